The number of hydrogen-bond acceptors (Lipinski definition) is 4. The Morgan fingerprint density at radius 2 is 1.74 bits per heavy atom. The van der Waals surface area contributed by atoms with Gasteiger partial charge in [0.15, 0.2) is 0 Å². The van der Waals surface area contributed by atoms with Gasteiger partial charge in [0, 0.05) is 24.7 Å². The molecule has 0 spiro atoms. The van der Waals surface area contributed by atoms with Gasteiger partial charge in [-0.05, 0) is 54.7 Å². The highest BCUT2D eigenvalue weighted by atomic mass is 16.2. The van der Waals surface area contributed by atoms with Crippen LogP contribution < -0.4 is 11.1 Å². The highest BCUT2D eigenvalue weighted by Gasteiger charge is 2.39. The van der Waals surface area contributed by atoms with Crippen LogP contribution in [0.15, 0.2) is 66.9 Å². The van der Waals surface area contributed by atoms with Gasteiger partial charge in [0.1, 0.15) is 6.04 Å². The number of carbonyl (C=O) groups is 2. The molecule has 2 aliphatic rings. The second-order valence-electron chi connectivity index (χ2n) is 9.74. The number of carbonyl (C=O) groups excluding carboxylic acids is 2. The summed E-state index contributed by atoms with van der Waals surface area (Å²) in [6.45, 7) is 1.17. The molecule has 2 heterocycles. The van der Waals surface area contributed by atoms with E-state index in [1.807, 2.05) is 66.9 Å². The van der Waals surface area contributed by atoms with Gasteiger partial charge in [-0.2, -0.15) is 5.10 Å². The fourth-order valence-electron chi connectivity index (χ4n) is 5.59. The number of likely N-dealkylation sites (tertiary alicyclic amines) is 1. The molecule has 3 atom stereocenters. The quantitative estimate of drug-likeness (QED) is 0.493. The number of amides is 2. The zero-order chi connectivity index (χ0) is 24.2. The molecule has 3 unspecified atom stereocenters. The van der Waals surface area contributed by atoms with Crippen LogP contribution in [0.2, 0.25) is 0 Å². The number of rotatable bonds is 7. The lowest BCUT2D eigenvalue weighted by Gasteiger charge is -2.31. The van der Waals surface area contributed by atoms with E-state index in [0.29, 0.717) is 25.4 Å². The summed E-state index contributed by atoms with van der Waals surface area (Å²) >= 11 is 0. The molecule has 0 saturated carbocycles. The lowest BCUT2D eigenvalue weighted by Crippen LogP contribution is -2.53. The van der Waals surface area contributed by atoms with Crippen LogP contribution in [0.1, 0.15) is 47.6 Å². The van der Waals surface area contributed by atoms with E-state index >= 15 is 0 Å². The maximum absolute atomic E-state index is 13.7. The Kier molecular flexibility index (Phi) is 6.95. The molecular weight excluding hydrogens is 438 g/mol. The Morgan fingerprint density at radius 3 is 2.43 bits per heavy atom. The van der Waals surface area contributed by atoms with Gasteiger partial charge in [-0.1, -0.05) is 60.7 Å². The SMILES string of the molecule is NC(C(=O)N1CCCC1C(=O)NCC1CCc2[nH]ncc2C1)C(c1ccccc1)c1ccccc1. The fourth-order valence-corrected chi connectivity index (χ4v) is 5.59. The molecule has 2 aromatic carbocycles. The molecule has 5 rings (SSSR count). The summed E-state index contributed by atoms with van der Waals surface area (Å²) in [5, 5.41) is 10.3. The minimum atomic E-state index is -0.772. The molecule has 2 amide bonds. The third kappa shape index (κ3) is 5.00. The second-order valence-corrected chi connectivity index (χ2v) is 9.74. The predicted molar refractivity (Wildman–Crippen MR) is 135 cm³/mol. The van der Waals surface area contributed by atoms with Crippen LogP contribution >= 0.6 is 0 Å². The van der Waals surface area contributed by atoms with Gasteiger partial charge in [0.25, 0.3) is 0 Å². The molecule has 1 saturated heterocycles. The van der Waals surface area contributed by atoms with Gasteiger partial charge in [0.2, 0.25) is 11.8 Å². The molecule has 7 nitrogen and oxygen atoms in total. The van der Waals surface area contributed by atoms with E-state index in [1.54, 1.807) is 4.90 Å². The standard InChI is InChI=1S/C28H33N5O2/c29-26(25(20-8-3-1-4-9-20)21-10-5-2-6-11-21)28(35)33-15-7-12-24(33)27(34)30-17-19-13-14-23-22(16-19)18-31-32-23/h1-6,8-11,18-19,24-26H,7,12-17,29H2,(H,30,34)(H,31,32). The van der Waals surface area contributed by atoms with Crippen LogP contribution in [-0.2, 0) is 22.4 Å². The van der Waals surface area contributed by atoms with Crippen molar-refractivity contribution in [2.24, 2.45) is 11.7 Å². The minimum absolute atomic E-state index is 0.0722. The molecule has 1 aromatic heterocycles. The van der Waals surface area contributed by atoms with Crippen LogP contribution in [0.4, 0.5) is 0 Å². The Labute approximate surface area is 206 Å². The van der Waals surface area contributed by atoms with Crippen molar-refractivity contribution in [1.29, 1.82) is 0 Å². The van der Waals surface area contributed by atoms with Crippen molar-refractivity contribution in [1.82, 2.24) is 20.4 Å². The predicted octanol–water partition coefficient (Wildman–Crippen LogP) is 2.78. The van der Waals surface area contributed by atoms with Crippen molar-refractivity contribution in [2.75, 3.05) is 13.1 Å². The van der Waals surface area contributed by atoms with Crippen molar-refractivity contribution in [3.63, 3.8) is 0 Å². The number of fused-ring (bicyclic) bond motifs is 1. The highest BCUT2D eigenvalue weighted by Crippen LogP contribution is 2.30. The highest BCUT2D eigenvalue weighted by molar-refractivity contribution is 5.91. The monoisotopic (exact) mass is 471 g/mol. The Balaban J connectivity index is 1.26. The van der Waals surface area contributed by atoms with Crippen molar-refractivity contribution in [3.8, 4) is 0 Å². The molecule has 1 aliphatic carbocycles. The third-order valence-electron chi connectivity index (χ3n) is 7.48. The molecule has 7 heteroatoms. The third-order valence-corrected chi connectivity index (χ3v) is 7.48. The molecule has 1 fully saturated rings. The maximum Gasteiger partial charge on any atom is 0.242 e. The van der Waals surface area contributed by atoms with E-state index in [9.17, 15) is 9.59 Å². The first kappa shape index (κ1) is 23.3. The number of benzene rings is 2. The van der Waals surface area contributed by atoms with Crippen LogP contribution in [-0.4, -0.2) is 52.1 Å². The number of nitrogens with zero attached hydrogens (tertiary/aromatic N) is 2. The van der Waals surface area contributed by atoms with Crippen molar-refractivity contribution < 1.29 is 9.59 Å². The number of H-pyrrole nitrogens is 1. The number of hydrogen-bond donors (Lipinski definition) is 3. The average Bonchev–Trinajstić information content (AvgIpc) is 3.58. The van der Waals surface area contributed by atoms with E-state index in [-0.39, 0.29) is 17.7 Å². The topological polar surface area (TPSA) is 104 Å². The van der Waals surface area contributed by atoms with E-state index in [0.717, 1.165) is 36.8 Å². The first-order valence-corrected chi connectivity index (χ1v) is 12.6. The van der Waals surface area contributed by atoms with Gasteiger partial charge < -0.3 is 16.0 Å². The second kappa shape index (κ2) is 10.4. The molecule has 4 N–H and O–H groups in total. The van der Waals surface area contributed by atoms with Crippen molar-refractivity contribution in [2.45, 2.75) is 50.1 Å². The van der Waals surface area contributed by atoms with Gasteiger partial charge in [-0.25, -0.2) is 0 Å². The van der Waals surface area contributed by atoms with Crippen LogP contribution in [0.3, 0.4) is 0 Å². The van der Waals surface area contributed by atoms with Crippen molar-refractivity contribution >= 4 is 11.8 Å². The van der Waals surface area contributed by atoms with Gasteiger partial charge in [0.05, 0.1) is 12.2 Å². The molecule has 0 bridgehead atoms. The first-order chi connectivity index (χ1) is 17.1. The maximum atomic E-state index is 13.7. The number of aromatic nitrogens is 2. The number of aromatic amines is 1. The minimum Gasteiger partial charge on any atom is -0.354 e. The summed E-state index contributed by atoms with van der Waals surface area (Å²) in [5.41, 5.74) is 11.1. The normalized spacial score (nSPS) is 20.5. The zero-order valence-corrected chi connectivity index (χ0v) is 19.9. The summed E-state index contributed by atoms with van der Waals surface area (Å²) in [4.78, 5) is 28.5. The molecule has 182 valence electrons. The van der Waals surface area contributed by atoms with Crippen LogP contribution in [0.25, 0.3) is 0 Å². The number of aryl methyl sites for hydroxylation is 1. The molecule has 35 heavy (non-hydrogen) atoms. The zero-order valence-electron chi connectivity index (χ0n) is 19.9. The summed E-state index contributed by atoms with van der Waals surface area (Å²) < 4.78 is 0. The summed E-state index contributed by atoms with van der Waals surface area (Å²) in [5.74, 6) is -0.129. The summed E-state index contributed by atoms with van der Waals surface area (Å²) in [6, 6.07) is 18.6. The van der Waals surface area contributed by atoms with Gasteiger partial charge in [-0.3, -0.25) is 14.7 Å². The lowest BCUT2D eigenvalue weighted by atomic mass is 9.84. The Hall–Kier alpha value is -3.45. The molecule has 1 aliphatic heterocycles. The van der Waals surface area contributed by atoms with Gasteiger partial charge in [-0.15, -0.1) is 0 Å². The average molecular weight is 472 g/mol. The molecular formula is C28H33N5O2. The summed E-state index contributed by atoms with van der Waals surface area (Å²) in [6.07, 6.45) is 6.25. The van der Waals surface area contributed by atoms with E-state index in [4.69, 9.17) is 5.73 Å². The summed E-state index contributed by atoms with van der Waals surface area (Å²) in [7, 11) is 0. The Morgan fingerprint density at radius 1 is 1.06 bits per heavy atom. The van der Waals surface area contributed by atoms with Gasteiger partial charge >= 0.3 is 0 Å². The Bertz CT molecular complexity index is 1110. The first-order valence-electron chi connectivity index (χ1n) is 12.6. The van der Waals surface area contributed by atoms with E-state index in [1.165, 1.54) is 11.3 Å². The van der Waals surface area contributed by atoms with Crippen LogP contribution in [0.5, 0.6) is 0 Å². The largest absolute Gasteiger partial charge is 0.354 e. The fraction of sp³-hybridized carbons (Fsp3) is 0.393. The van der Waals surface area contributed by atoms with E-state index < -0.39 is 12.1 Å². The lowest BCUT2D eigenvalue weighted by molar-refractivity contribution is -0.139. The molecule has 3 aromatic rings. The van der Waals surface area contributed by atoms with E-state index in [2.05, 4.69) is 15.5 Å². The number of nitrogens with one attached hydrogen (secondary N) is 2. The number of nitrogens with two attached hydrogens (primary N) is 1. The smallest absolute Gasteiger partial charge is 0.242 e. The molecule has 0 radical (unpaired) electrons. The van der Waals surface area contributed by atoms with Crippen LogP contribution in [0, 0.1) is 5.92 Å². The van der Waals surface area contributed by atoms with Crippen molar-refractivity contribution in [3.05, 3.63) is 89.2 Å².